The van der Waals surface area contributed by atoms with Gasteiger partial charge in [-0.15, -0.1) is 0 Å². The number of nitrogens with one attached hydrogen (secondary N) is 1. The van der Waals surface area contributed by atoms with Crippen LogP contribution in [-0.2, 0) is 6.54 Å². The van der Waals surface area contributed by atoms with E-state index in [-0.39, 0.29) is 16.3 Å². The second kappa shape index (κ2) is 6.64. The molecule has 1 aliphatic rings. The van der Waals surface area contributed by atoms with E-state index in [1.165, 1.54) is 0 Å². The van der Waals surface area contributed by atoms with Crippen molar-refractivity contribution in [1.29, 1.82) is 0 Å². The third-order valence-corrected chi connectivity index (χ3v) is 4.68. The molecule has 0 aromatic heterocycles. The minimum absolute atomic E-state index is 0.154. The molecule has 2 rings (SSSR count). The molecule has 1 aromatic rings. The average Bonchev–Trinajstić information content (AvgIpc) is 2.42. The van der Waals surface area contributed by atoms with E-state index in [0.717, 1.165) is 19.5 Å². The maximum atomic E-state index is 14.2. The second-order valence-corrected chi connectivity index (χ2v) is 7.44. The lowest BCUT2D eigenvalue weighted by Gasteiger charge is -2.46. The Bertz CT molecular complexity index is 484. The Morgan fingerprint density at radius 2 is 2.10 bits per heavy atom. The number of hydrogen-bond donors (Lipinski definition) is 1. The largest absolute Gasteiger partial charge is 0.311 e. The quantitative estimate of drug-likeness (QED) is 0.905. The first-order chi connectivity index (χ1) is 9.82. The molecule has 1 N–H and O–H groups in total. The summed E-state index contributed by atoms with van der Waals surface area (Å²) >= 11 is 5.91. The molecule has 2 atom stereocenters. The smallest absolute Gasteiger partial charge is 0.146 e. The predicted molar refractivity (Wildman–Crippen MR) is 87.1 cm³/mol. The van der Waals surface area contributed by atoms with Gasteiger partial charge < -0.3 is 5.32 Å². The van der Waals surface area contributed by atoms with Crippen LogP contribution in [0.15, 0.2) is 18.2 Å². The van der Waals surface area contributed by atoms with Crippen molar-refractivity contribution in [3.63, 3.8) is 0 Å². The van der Waals surface area contributed by atoms with Gasteiger partial charge in [0.2, 0.25) is 0 Å². The molecule has 1 aromatic carbocycles. The van der Waals surface area contributed by atoms with E-state index < -0.39 is 0 Å². The molecular weight excluding hydrogens is 287 g/mol. The van der Waals surface area contributed by atoms with Crippen LogP contribution in [0.4, 0.5) is 4.39 Å². The first-order valence-electron chi connectivity index (χ1n) is 7.73. The monoisotopic (exact) mass is 312 g/mol. The van der Waals surface area contributed by atoms with Crippen LogP contribution >= 0.6 is 11.6 Å². The Morgan fingerprint density at radius 1 is 1.38 bits per heavy atom. The van der Waals surface area contributed by atoms with Gasteiger partial charge in [0.05, 0.1) is 5.02 Å². The molecule has 0 radical (unpaired) electrons. The number of hydrogen-bond acceptors (Lipinski definition) is 2. The fourth-order valence-corrected chi connectivity index (χ4v) is 3.27. The van der Waals surface area contributed by atoms with E-state index in [4.69, 9.17) is 11.6 Å². The van der Waals surface area contributed by atoms with Crippen LogP contribution in [0.3, 0.4) is 0 Å². The fourth-order valence-electron chi connectivity index (χ4n) is 3.07. The molecule has 1 saturated heterocycles. The van der Waals surface area contributed by atoms with Crippen molar-refractivity contribution in [3.8, 4) is 0 Å². The summed E-state index contributed by atoms with van der Waals surface area (Å²) in [7, 11) is 0. The van der Waals surface area contributed by atoms with E-state index in [1.807, 2.05) is 12.1 Å². The van der Waals surface area contributed by atoms with E-state index in [1.54, 1.807) is 6.07 Å². The van der Waals surface area contributed by atoms with Crippen molar-refractivity contribution < 1.29 is 4.39 Å². The van der Waals surface area contributed by atoms with Gasteiger partial charge in [0.1, 0.15) is 5.82 Å². The van der Waals surface area contributed by atoms with Crippen molar-refractivity contribution in [2.24, 2.45) is 5.41 Å². The molecule has 21 heavy (non-hydrogen) atoms. The minimum Gasteiger partial charge on any atom is -0.311 e. The van der Waals surface area contributed by atoms with Gasteiger partial charge in [-0.1, -0.05) is 51.4 Å². The first-order valence-corrected chi connectivity index (χ1v) is 8.11. The van der Waals surface area contributed by atoms with Crippen molar-refractivity contribution in [2.75, 3.05) is 13.1 Å². The molecule has 0 saturated carbocycles. The van der Waals surface area contributed by atoms with E-state index >= 15 is 0 Å². The predicted octanol–water partition coefficient (Wildman–Crippen LogP) is 4.08. The Hall–Kier alpha value is -0.640. The molecule has 1 fully saturated rings. The minimum atomic E-state index is -0.279. The van der Waals surface area contributed by atoms with Crippen LogP contribution in [0.5, 0.6) is 0 Å². The summed E-state index contributed by atoms with van der Waals surface area (Å²) in [5, 5.41) is 3.82. The van der Waals surface area contributed by atoms with Gasteiger partial charge in [0, 0.05) is 37.3 Å². The van der Waals surface area contributed by atoms with Crippen molar-refractivity contribution in [1.82, 2.24) is 10.2 Å². The van der Waals surface area contributed by atoms with Crippen LogP contribution in [0.1, 0.15) is 39.7 Å². The first kappa shape index (κ1) is 16.7. The van der Waals surface area contributed by atoms with E-state index in [9.17, 15) is 4.39 Å². The van der Waals surface area contributed by atoms with E-state index in [2.05, 4.69) is 37.9 Å². The Balaban J connectivity index is 2.21. The molecule has 1 aliphatic heterocycles. The number of piperazine rings is 1. The highest BCUT2D eigenvalue weighted by Gasteiger charge is 2.35. The van der Waals surface area contributed by atoms with Crippen molar-refractivity contribution >= 4 is 11.6 Å². The highest BCUT2D eigenvalue weighted by molar-refractivity contribution is 6.30. The van der Waals surface area contributed by atoms with E-state index in [0.29, 0.717) is 24.2 Å². The molecule has 1 heterocycles. The molecular formula is C17H26ClFN2. The molecule has 0 bridgehead atoms. The zero-order valence-electron chi connectivity index (χ0n) is 13.4. The van der Waals surface area contributed by atoms with Gasteiger partial charge in [-0.25, -0.2) is 4.39 Å². The summed E-state index contributed by atoms with van der Waals surface area (Å²) < 4.78 is 14.2. The molecule has 0 aliphatic carbocycles. The Kier molecular flexibility index (Phi) is 5.29. The number of halogens is 2. The normalized spacial score (nSPS) is 24.3. The lowest BCUT2D eigenvalue weighted by Crippen LogP contribution is -2.60. The van der Waals surface area contributed by atoms with Gasteiger partial charge in [0.25, 0.3) is 0 Å². The fraction of sp³-hybridized carbons (Fsp3) is 0.647. The second-order valence-electron chi connectivity index (χ2n) is 7.04. The summed E-state index contributed by atoms with van der Waals surface area (Å²) in [4.78, 5) is 2.40. The Labute approximate surface area is 132 Å². The summed E-state index contributed by atoms with van der Waals surface area (Å²) in [6.07, 6.45) is 1.09. The zero-order valence-corrected chi connectivity index (χ0v) is 14.2. The number of benzene rings is 1. The number of rotatable bonds is 3. The van der Waals surface area contributed by atoms with Crippen LogP contribution in [-0.4, -0.2) is 30.1 Å². The third kappa shape index (κ3) is 3.97. The maximum Gasteiger partial charge on any atom is 0.146 e. The van der Waals surface area contributed by atoms with Gasteiger partial charge in [-0.05, 0) is 17.9 Å². The highest BCUT2D eigenvalue weighted by Crippen LogP contribution is 2.29. The lowest BCUT2D eigenvalue weighted by atomic mass is 9.83. The van der Waals surface area contributed by atoms with Gasteiger partial charge in [-0.2, -0.15) is 0 Å². The van der Waals surface area contributed by atoms with Gasteiger partial charge >= 0.3 is 0 Å². The molecule has 0 spiro atoms. The summed E-state index contributed by atoms with van der Waals surface area (Å²) in [6, 6.07) is 6.13. The summed E-state index contributed by atoms with van der Waals surface area (Å²) in [5.74, 6) is -0.279. The summed E-state index contributed by atoms with van der Waals surface area (Å²) in [5.41, 5.74) is 0.842. The molecule has 2 unspecified atom stereocenters. The van der Waals surface area contributed by atoms with Gasteiger partial charge in [-0.3, -0.25) is 4.90 Å². The van der Waals surface area contributed by atoms with Crippen LogP contribution < -0.4 is 5.32 Å². The topological polar surface area (TPSA) is 15.3 Å². The number of nitrogens with zero attached hydrogens (tertiary/aromatic N) is 1. The van der Waals surface area contributed by atoms with Crippen LogP contribution in [0.2, 0.25) is 5.02 Å². The summed E-state index contributed by atoms with van der Waals surface area (Å²) in [6.45, 7) is 11.4. The SMILES string of the molecule is CCC1CN(Cc2cccc(Cl)c2F)C(C(C)(C)C)CN1. The highest BCUT2D eigenvalue weighted by atomic mass is 35.5. The van der Waals surface area contributed by atoms with Crippen LogP contribution in [0, 0.1) is 11.2 Å². The average molecular weight is 313 g/mol. The third-order valence-electron chi connectivity index (χ3n) is 4.39. The van der Waals surface area contributed by atoms with Gasteiger partial charge in [0.15, 0.2) is 0 Å². The standard InChI is InChI=1S/C17H26ClFN2/c1-5-13-11-21(15(9-20-13)17(2,3)4)10-12-7-6-8-14(18)16(12)19/h6-8,13,15,20H,5,9-11H2,1-4H3. The maximum absolute atomic E-state index is 14.2. The molecule has 0 amide bonds. The zero-order chi connectivity index (χ0) is 15.6. The molecule has 4 heteroatoms. The lowest BCUT2D eigenvalue weighted by molar-refractivity contribution is 0.0477. The van der Waals surface area contributed by atoms with Crippen molar-refractivity contribution in [3.05, 3.63) is 34.6 Å². The molecule has 2 nitrogen and oxygen atoms in total. The molecule has 118 valence electrons. The Morgan fingerprint density at radius 3 is 2.71 bits per heavy atom. The van der Waals surface area contributed by atoms with Crippen LogP contribution in [0.25, 0.3) is 0 Å². The van der Waals surface area contributed by atoms with Crippen molar-refractivity contribution in [2.45, 2.75) is 52.7 Å².